The van der Waals surface area contributed by atoms with Crippen molar-refractivity contribution < 1.29 is 28.8 Å². The van der Waals surface area contributed by atoms with Gasteiger partial charge in [-0.1, -0.05) is 24.3 Å². The molecule has 0 radical (unpaired) electrons. The molecule has 0 atom stereocenters. The first-order valence-electron chi connectivity index (χ1n) is 19.9. The number of nitrogens with one attached hydrogen (secondary N) is 2. The Morgan fingerprint density at radius 3 is 1.28 bits per heavy atom. The lowest BCUT2D eigenvalue weighted by atomic mass is 9.93. The Hall–Kier alpha value is -5.86. The molecule has 0 saturated carbocycles. The van der Waals surface area contributed by atoms with Crippen LogP contribution in [-0.2, 0) is 9.59 Å². The second kappa shape index (κ2) is 15.9. The number of carbonyl (C=O) groups is 6. The van der Waals surface area contributed by atoms with E-state index in [2.05, 4.69) is 20.4 Å². The maximum absolute atomic E-state index is 13.8. The van der Waals surface area contributed by atoms with E-state index in [1.807, 2.05) is 58.3 Å². The van der Waals surface area contributed by atoms with Crippen LogP contribution < -0.4 is 20.4 Å². The standard InChI is InChI=1S/C43H48N8O6/c1-28(52)46-16-20-48(21-17-46)32-24-30-6-3-8-34-38(30)36(26-32)42(56)50(40(34)54)14-12-44-10-5-11-45-13-15-51-41(55)35-9-4-7-31-25-33(27-37(39(31)35)43(51)57)49-22-18-47(19-23-49)29(2)53/h3-4,6-9,24-27,44-45H,5,10-23H2,1-2H3. The van der Waals surface area contributed by atoms with Gasteiger partial charge in [0.15, 0.2) is 0 Å². The molecule has 4 aromatic carbocycles. The zero-order chi connectivity index (χ0) is 39.8. The first-order valence-corrected chi connectivity index (χ1v) is 19.9. The molecule has 57 heavy (non-hydrogen) atoms. The summed E-state index contributed by atoms with van der Waals surface area (Å²) in [6.45, 7) is 11.0. The van der Waals surface area contributed by atoms with Gasteiger partial charge in [0.25, 0.3) is 23.6 Å². The molecule has 4 aliphatic rings. The van der Waals surface area contributed by atoms with Gasteiger partial charge in [-0.25, -0.2) is 0 Å². The van der Waals surface area contributed by atoms with Crippen molar-refractivity contribution in [3.8, 4) is 0 Å². The largest absolute Gasteiger partial charge is 0.368 e. The van der Waals surface area contributed by atoms with Crippen LogP contribution in [0, 0.1) is 0 Å². The number of amides is 6. The summed E-state index contributed by atoms with van der Waals surface area (Å²) in [6.07, 6.45) is 0.759. The van der Waals surface area contributed by atoms with Gasteiger partial charge in [-0.2, -0.15) is 0 Å². The van der Waals surface area contributed by atoms with Crippen LogP contribution >= 0.6 is 0 Å². The predicted molar refractivity (Wildman–Crippen MR) is 218 cm³/mol. The Morgan fingerprint density at radius 2 is 0.895 bits per heavy atom. The Kier molecular flexibility index (Phi) is 10.6. The third-order valence-electron chi connectivity index (χ3n) is 11.7. The molecule has 0 unspecified atom stereocenters. The van der Waals surface area contributed by atoms with Crippen LogP contribution in [0.2, 0.25) is 0 Å². The fraction of sp³-hybridized carbons (Fsp3) is 0.395. The Morgan fingerprint density at radius 1 is 0.509 bits per heavy atom. The highest BCUT2D eigenvalue weighted by Crippen LogP contribution is 2.36. The van der Waals surface area contributed by atoms with E-state index in [9.17, 15) is 28.8 Å². The predicted octanol–water partition coefficient (Wildman–Crippen LogP) is 2.79. The fourth-order valence-corrected chi connectivity index (χ4v) is 8.58. The normalized spacial score (nSPS) is 17.1. The molecule has 14 nitrogen and oxygen atoms in total. The first-order chi connectivity index (χ1) is 27.6. The third-order valence-corrected chi connectivity index (χ3v) is 11.7. The number of rotatable bonds is 12. The van der Waals surface area contributed by atoms with E-state index >= 15 is 0 Å². The van der Waals surface area contributed by atoms with Gasteiger partial charge in [0, 0.05) is 126 Å². The van der Waals surface area contributed by atoms with E-state index in [4.69, 9.17) is 0 Å². The van der Waals surface area contributed by atoms with E-state index in [1.54, 1.807) is 26.0 Å². The number of carbonyl (C=O) groups excluding carboxylic acids is 6. The van der Waals surface area contributed by atoms with Gasteiger partial charge in [0.05, 0.1) is 11.1 Å². The number of imide groups is 2. The summed E-state index contributed by atoms with van der Waals surface area (Å²) in [6, 6.07) is 18.9. The highest BCUT2D eigenvalue weighted by Gasteiger charge is 2.35. The van der Waals surface area contributed by atoms with Crippen molar-refractivity contribution in [3.63, 3.8) is 0 Å². The van der Waals surface area contributed by atoms with Crippen molar-refractivity contribution in [1.82, 2.24) is 30.2 Å². The van der Waals surface area contributed by atoms with Crippen molar-refractivity contribution in [2.24, 2.45) is 0 Å². The van der Waals surface area contributed by atoms with Crippen LogP contribution in [0.4, 0.5) is 11.4 Å². The summed E-state index contributed by atoms with van der Waals surface area (Å²) in [5, 5.41) is 9.77. The summed E-state index contributed by atoms with van der Waals surface area (Å²) in [7, 11) is 0. The Bertz CT molecular complexity index is 2140. The van der Waals surface area contributed by atoms with Crippen LogP contribution in [0.15, 0.2) is 60.7 Å². The zero-order valence-electron chi connectivity index (χ0n) is 32.5. The Labute approximate surface area is 331 Å². The van der Waals surface area contributed by atoms with E-state index in [0.29, 0.717) is 112 Å². The molecule has 4 aliphatic heterocycles. The maximum Gasteiger partial charge on any atom is 0.261 e. The van der Waals surface area contributed by atoms with Crippen molar-refractivity contribution in [2.75, 3.05) is 101 Å². The van der Waals surface area contributed by atoms with E-state index in [1.165, 1.54) is 9.80 Å². The van der Waals surface area contributed by atoms with Gasteiger partial charge in [-0.05, 0) is 66.7 Å². The molecular formula is C43H48N8O6. The molecule has 4 aromatic rings. The minimum Gasteiger partial charge on any atom is -0.368 e. The minimum atomic E-state index is -0.305. The molecule has 0 bridgehead atoms. The van der Waals surface area contributed by atoms with Gasteiger partial charge < -0.3 is 30.2 Å². The first kappa shape index (κ1) is 38.0. The lowest BCUT2D eigenvalue weighted by Crippen LogP contribution is -2.48. The molecule has 2 saturated heterocycles. The molecule has 8 rings (SSSR count). The van der Waals surface area contributed by atoms with Crippen LogP contribution in [0.3, 0.4) is 0 Å². The van der Waals surface area contributed by atoms with Crippen LogP contribution in [0.25, 0.3) is 21.5 Å². The second-order valence-electron chi connectivity index (χ2n) is 15.2. The van der Waals surface area contributed by atoms with Crippen molar-refractivity contribution in [2.45, 2.75) is 20.3 Å². The molecule has 0 spiro atoms. The van der Waals surface area contributed by atoms with Crippen LogP contribution in [0.1, 0.15) is 61.7 Å². The highest BCUT2D eigenvalue weighted by atomic mass is 16.2. The van der Waals surface area contributed by atoms with Gasteiger partial charge in [-0.3, -0.25) is 38.6 Å². The summed E-state index contributed by atoms with van der Waals surface area (Å²) < 4.78 is 0. The zero-order valence-corrected chi connectivity index (χ0v) is 32.5. The average molecular weight is 773 g/mol. The number of hydrogen-bond donors (Lipinski definition) is 2. The summed E-state index contributed by atoms with van der Waals surface area (Å²) >= 11 is 0. The van der Waals surface area contributed by atoms with Crippen molar-refractivity contribution in [1.29, 1.82) is 0 Å². The highest BCUT2D eigenvalue weighted by molar-refractivity contribution is 6.27. The molecule has 0 aliphatic carbocycles. The summed E-state index contributed by atoms with van der Waals surface area (Å²) in [4.78, 5) is 88.9. The molecule has 6 amide bonds. The Balaban J connectivity index is 0.814. The van der Waals surface area contributed by atoms with E-state index in [-0.39, 0.29) is 48.5 Å². The molecule has 2 N–H and O–H groups in total. The molecule has 4 heterocycles. The van der Waals surface area contributed by atoms with Crippen LogP contribution in [-0.4, -0.2) is 147 Å². The number of hydrogen-bond acceptors (Lipinski definition) is 10. The summed E-state index contributed by atoms with van der Waals surface area (Å²) in [5.41, 5.74) is 3.91. The fourth-order valence-electron chi connectivity index (χ4n) is 8.58. The van der Waals surface area contributed by atoms with Crippen molar-refractivity contribution >= 4 is 68.4 Å². The van der Waals surface area contributed by atoms with Crippen LogP contribution in [0.5, 0.6) is 0 Å². The molecule has 0 aromatic heterocycles. The average Bonchev–Trinajstić information content (AvgIpc) is 3.22. The van der Waals surface area contributed by atoms with Gasteiger partial charge >= 0.3 is 0 Å². The third kappa shape index (κ3) is 7.30. The number of anilines is 2. The van der Waals surface area contributed by atoms with E-state index in [0.717, 1.165) is 28.6 Å². The summed E-state index contributed by atoms with van der Waals surface area (Å²) in [5.74, 6) is -1.09. The molecule has 296 valence electrons. The minimum absolute atomic E-state index is 0.0595. The van der Waals surface area contributed by atoms with Crippen molar-refractivity contribution in [3.05, 3.63) is 82.9 Å². The lowest BCUT2D eigenvalue weighted by molar-refractivity contribution is -0.129. The molecule has 2 fully saturated rings. The maximum atomic E-state index is 13.8. The quantitative estimate of drug-likeness (QED) is 0.163. The second-order valence-corrected chi connectivity index (χ2v) is 15.2. The molecule has 14 heteroatoms. The lowest BCUT2D eigenvalue weighted by Gasteiger charge is -2.36. The smallest absolute Gasteiger partial charge is 0.261 e. The number of benzene rings is 4. The number of nitrogens with zero attached hydrogens (tertiary/aromatic N) is 6. The van der Waals surface area contributed by atoms with E-state index < -0.39 is 0 Å². The molecular weight excluding hydrogens is 725 g/mol. The van der Waals surface area contributed by atoms with Gasteiger partial charge in [0.2, 0.25) is 11.8 Å². The van der Waals surface area contributed by atoms with Gasteiger partial charge in [0.1, 0.15) is 0 Å². The SMILES string of the molecule is CC(=O)N1CCN(c2cc3c4c(cccc4c2)C(=O)N(CCNCCCNCCN2C(=O)c4cccc5cc(N6CCN(C(C)=O)CC6)cc(c45)C2=O)C3=O)CC1. The topological polar surface area (TPSA) is 146 Å². The monoisotopic (exact) mass is 772 g/mol. The van der Waals surface area contributed by atoms with Gasteiger partial charge in [-0.15, -0.1) is 0 Å². The number of piperazine rings is 2.